The second-order valence-corrected chi connectivity index (χ2v) is 4.98. The molecule has 2 rings (SSSR count). The largest absolute Gasteiger partial charge is 0.324 e. The van der Waals surface area contributed by atoms with E-state index >= 15 is 0 Å². The number of hydrogen-bond acceptors (Lipinski definition) is 1. The van der Waals surface area contributed by atoms with Gasteiger partial charge in [0.25, 0.3) is 0 Å². The van der Waals surface area contributed by atoms with Gasteiger partial charge < -0.3 is 5.73 Å². The lowest BCUT2D eigenvalue weighted by Gasteiger charge is -2.18. The second-order valence-electron chi connectivity index (χ2n) is 4.98. The van der Waals surface area contributed by atoms with Crippen LogP contribution in [0.25, 0.3) is 0 Å². The summed E-state index contributed by atoms with van der Waals surface area (Å²) in [7, 11) is 0. The summed E-state index contributed by atoms with van der Waals surface area (Å²) in [4.78, 5) is 0. The molecule has 1 unspecified atom stereocenters. The summed E-state index contributed by atoms with van der Waals surface area (Å²) in [6.07, 6.45) is 6.96. The Morgan fingerprint density at radius 1 is 1.25 bits per heavy atom. The van der Waals surface area contributed by atoms with Crippen LogP contribution in [-0.4, -0.2) is 6.04 Å². The Kier molecular flexibility index (Phi) is 3.45. The topological polar surface area (TPSA) is 26.0 Å². The quantitative estimate of drug-likeness (QED) is 0.753. The molecule has 0 saturated heterocycles. The zero-order valence-electron chi connectivity index (χ0n) is 10.3. The maximum Gasteiger partial charge on any atom is 0.0226 e. The molecule has 0 amide bonds. The van der Waals surface area contributed by atoms with Crippen molar-refractivity contribution in [3.8, 4) is 0 Å². The molecule has 1 aliphatic rings. The number of rotatable bonds is 2. The molecule has 0 radical (unpaired) electrons. The van der Waals surface area contributed by atoms with Crippen LogP contribution in [0.4, 0.5) is 0 Å². The van der Waals surface area contributed by atoms with Crippen LogP contribution < -0.4 is 5.73 Å². The number of hydrogen-bond donors (Lipinski definition) is 1. The van der Waals surface area contributed by atoms with Crippen LogP contribution >= 0.6 is 0 Å². The SMILES string of the molecule is Cc1ccc(CC2=CC(N)CCC2)cc1C. The van der Waals surface area contributed by atoms with Gasteiger partial charge in [-0.25, -0.2) is 0 Å². The molecular formula is C15H21N. The van der Waals surface area contributed by atoms with Gasteiger partial charge in [0.2, 0.25) is 0 Å². The van der Waals surface area contributed by atoms with E-state index in [1.54, 1.807) is 0 Å². The molecule has 0 fully saturated rings. The van der Waals surface area contributed by atoms with E-state index in [1.807, 2.05) is 0 Å². The third-order valence-electron chi connectivity index (χ3n) is 3.49. The first kappa shape index (κ1) is 11.4. The predicted molar refractivity (Wildman–Crippen MR) is 69.5 cm³/mol. The molecule has 2 N–H and O–H groups in total. The predicted octanol–water partition coefficient (Wildman–Crippen LogP) is 3.28. The summed E-state index contributed by atoms with van der Waals surface area (Å²) in [6, 6.07) is 7.04. The summed E-state index contributed by atoms with van der Waals surface area (Å²) in [5, 5.41) is 0. The molecule has 86 valence electrons. The molecule has 0 heterocycles. The van der Waals surface area contributed by atoms with E-state index in [2.05, 4.69) is 38.1 Å². The summed E-state index contributed by atoms with van der Waals surface area (Å²) in [5.74, 6) is 0. The minimum absolute atomic E-state index is 0.287. The Balaban J connectivity index is 2.11. The van der Waals surface area contributed by atoms with Crippen LogP contribution in [0.2, 0.25) is 0 Å². The molecule has 16 heavy (non-hydrogen) atoms. The van der Waals surface area contributed by atoms with E-state index < -0.39 is 0 Å². The van der Waals surface area contributed by atoms with E-state index in [-0.39, 0.29) is 6.04 Å². The Labute approximate surface area is 98.4 Å². The molecule has 1 atom stereocenters. The average Bonchev–Trinajstić information content (AvgIpc) is 2.24. The van der Waals surface area contributed by atoms with Crippen LogP contribution in [0.5, 0.6) is 0 Å². The van der Waals surface area contributed by atoms with E-state index in [4.69, 9.17) is 5.73 Å². The van der Waals surface area contributed by atoms with Crippen LogP contribution in [0.3, 0.4) is 0 Å². The number of nitrogens with two attached hydrogens (primary N) is 1. The number of aryl methyl sites for hydroxylation is 2. The van der Waals surface area contributed by atoms with Crippen molar-refractivity contribution in [2.24, 2.45) is 5.73 Å². The van der Waals surface area contributed by atoms with Crippen molar-refractivity contribution in [2.45, 2.75) is 45.6 Å². The summed E-state index contributed by atoms with van der Waals surface area (Å²) in [5.41, 5.74) is 11.7. The molecule has 0 spiro atoms. The third-order valence-corrected chi connectivity index (χ3v) is 3.49. The van der Waals surface area contributed by atoms with Crippen molar-refractivity contribution >= 4 is 0 Å². The smallest absolute Gasteiger partial charge is 0.0226 e. The summed E-state index contributed by atoms with van der Waals surface area (Å²) < 4.78 is 0. The first-order valence-electron chi connectivity index (χ1n) is 6.16. The third kappa shape index (κ3) is 2.73. The van der Waals surface area contributed by atoms with Crippen molar-refractivity contribution in [2.75, 3.05) is 0 Å². The van der Waals surface area contributed by atoms with Crippen molar-refractivity contribution in [3.63, 3.8) is 0 Å². The molecule has 0 aromatic heterocycles. The maximum absolute atomic E-state index is 5.96. The standard InChI is InChI=1S/C15H21N/c1-11-6-7-14(8-12(11)2)9-13-4-3-5-15(16)10-13/h6-8,10,15H,3-5,9,16H2,1-2H3. The van der Waals surface area contributed by atoms with Crippen LogP contribution in [0, 0.1) is 13.8 Å². The van der Waals surface area contributed by atoms with E-state index in [0.717, 1.165) is 12.8 Å². The lowest BCUT2D eigenvalue weighted by molar-refractivity contribution is 0.617. The van der Waals surface area contributed by atoms with Crippen LogP contribution in [0.1, 0.15) is 36.0 Å². The number of allylic oxidation sites excluding steroid dienone is 1. The van der Waals surface area contributed by atoms with Crippen molar-refractivity contribution < 1.29 is 0 Å². The fourth-order valence-corrected chi connectivity index (χ4v) is 2.36. The molecule has 0 bridgehead atoms. The van der Waals surface area contributed by atoms with E-state index in [0.29, 0.717) is 0 Å². The zero-order valence-corrected chi connectivity index (χ0v) is 10.3. The molecular weight excluding hydrogens is 194 g/mol. The normalized spacial score (nSPS) is 20.7. The van der Waals surface area contributed by atoms with Gasteiger partial charge in [0, 0.05) is 6.04 Å². The molecule has 0 saturated carbocycles. The second kappa shape index (κ2) is 4.84. The fourth-order valence-electron chi connectivity index (χ4n) is 2.36. The van der Waals surface area contributed by atoms with Gasteiger partial charge in [-0.2, -0.15) is 0 Å². The minimum atomic E-state index is 0.287. The van der Waals surface area contributed by atoms with Crippen molar-refractivity contribution in [1.82, 2.24) is 0 Å². The van der Waals surface area contributed by atoms with Gasteiger partial charge in [0.1, 0.15) is 0 Å². The van der Waals surface area contributed by atoms with Gasteiger partial charge in [0.05, 0.1) is 0 Å². The lowest BCUT2D eigenvalue weighted by atomic mass is 9.91. The monoisotopic (exact) mass is 215 g/mol. The van der Waals surface area contributed by atoms with Crippen molar-refractivity contribution in [1.29, 1.82) is 0 Å². The Morgan fingerprint density at radius 3 is 2.75 bits per heavy atom. The van der Waals surface area contributed by atoms with E-state index in [9.17, 15) is 0 Å². The lowest BCUT2D eigenvalue weighted by Crippen LogP contribution is -2.20. The molecule has 1 aromatic carbocycles. The summed E-state index contributed by atoms with van der Waals surface area (Å²) >= 11 is 0. The highest BCUT2D eigenvalue weighted by Crippen LogP contribution is 2.21. The molecule has 0 aliphatic heterocycles. The van der Waals surface area contributed by atoms with Gasteiger partial charge in [-0.05, 0) is 56.2 Å². The first-order chi connectivity index (χ1) is 7.65. The molecule has 1 aliphatic carbocycles. The van der Waals surface area contributed by atoms with Crippen molar-refractivity contribution in [3.05, 3.63) is 46.5 Å². The minimum Gasteiger partial charge on any atom is -0.324 e. The van der Waals surface area contributed by atoms with Gasteiger partial charge in [-0.3, -0.25) is 0 Å². The molecule has 1 aromatic rings. The summed E-state index contributed by atoms with van der Waals surface area (Å²) in [6.45, 7) is 4.34. The van der Waals surface area contributed by atoms with Gasteiger partial charge in [-0.1, -0.05) is 29.8 Å². The van der Waals surface area contributed by atoms with Gasteiger partial charge in [0.15, 0.2) is 0 Å². The molecule has 1 heteroatoms. The van der Waals surface area contributed by atoms with Crippen LogP contribution in [0.15, 0.2) is 29.8 Å². The highest BCUT2D eigenvalue weighted by atomic mass is 14.6. The highest BCUT2D eigenvalue weighted by Gasteiger charge is 2.10. The zero-order chi connectivity index (χ0) is 11.5. The van der Waals surface area contributed by atoms with Gasteiger partial charge in [-0.15, -0.1) is 0 Å². The molecule has 1 nitrogen and oxygen atoms in total. The maximum atomic E-state index is 5.96. The fraction of sp³-hybridized carbons (Fsp3) is 0.467. The van der Waals surface area contributed by atoms with Gasteiger partial charge >= 0.3 is 0 Å². The average molecular weight is 215 g/mol. The number of benzene rings is 1. The Morgan fingerprint density at radius 2 is 2.06 bits per heavy atom. The first-order valence-corrected chi connectivity index (χ1v) is 6.16. The van der Waals surface area contributed by atoms with Crippen LogP contribution in [-0.2, 0) is 6.42 Å². The van der Waals surface area contributed by atoms with E-state index in [1.165, 1.54) is 35.1 Å². The highest BCUT2D eigenvalue weighted by molar-refractivity contribution is 5.32. The Bertz CT molecular complexity index is 404. The Hall–Kier alpha value is -1.08.